The summed E-state index contributed by atoms with van der Waals surface area (Å²) in [7, 11) is 0. The summed E-state index contributed by atoms with van der Waals surface area (Å²) in [5, 5.41) is 3.96. The molecule has 0 bridgehead atoms. The number of nitrogens with zero attached hydrogens (tertiary/aromatic N) is 2. The SMILES string of the molecule is C#Cc1ccc(C(=C)c2ccncc2)c2cc3c(C(=C)c4ccncc4)ccc(C#C)c3cc12. The van der Waals surface area contributed by atoms with E-state index in [1.54, 1.807) is 24.8 Å². The van der Waals surface area contributed by atoms with Gasteiger partial charge in [0.1, 0.15) is 0 Å². The highest BCUT2D eigenvalue weighted by molar-refractivity contribution is 6.11. The first-order valence-electron chi connectivity index (χ1n) is 10.8. The Morgan fingerprint density at radius 1 is 0.559 bits per heavy atom. The van der Waals surface area contributed by atoms with Gasteiger partial charge in [-0.3, -0.25) is 9.97 Å². The summed E-state index contributed by atoms with van der Waals surface area (Å²) in [6, 6.07) is 20.1. The van der Waals surface area contributed by atoms with E-state index in [2.05, 4.69) is 47.1 Å². The fourth-order valence-corrected chi connectivity index (χ4v) is 4.38. The van der Waals surface area contributed by atoms with Crippen molar-refractivity contribution in [3.8, 4) is 24.7 Å². The first-order valence-corrected chi connectivity index (χ1v) is 10.8. The van der Waals surface area contributed by atoms with Crippen LogP contribution in [0.3, 0.4) is 0 Å². The number of hydrogen-bond donors (Lipinski definition) is 0. The number of terminal acetylenes is 2. The van der Waals surface area contributed by atoms with E-state index in [0.717, 1.165) is 66.1 Å². The second kappa shape index (κ2) is 8.55. The van der Waals surface area contributed by atoms with Crippen molar-refractivity contribution < 1.29 is 0 Å². The third-order valence-corrected chi connectivity index (χ3v) is 6.17. The van der Waals surface area contributed by atoms with Crippen molar-refractivity contribution in [3.05, 3.63) is 132 Å². The number of fused-ring (bicyclic) bond motifs is 2. The highest BCUT2D eigenvalue weighted by atomic mass is 14.6. The molecule has 5 aromatic rings. The summed E-state index contributed by atoms with van der Waals surface area (Å²) in [5.41, 5.74) is 7.44. The van der Waals surface area contributed by atoms with Crippen LogP contribution in [0.4, 0.5) is 0 Å². The van der Waals surface area contributed by atoms with Crippen LogP contribution in [0, 0.1) is 24.7 Å². The van der Waals surface area contributed by atoms with E-state index in [1.807, 2.05) is 48.5 Å². The van der Waals surface area contributed by atoms with Gasteiger partial charge in [-0.15, -0.1) is 12.8 Å². The number of pyridine rings is 2. The maximum absolute atomic E-state index is 5.88. The van der Waals surface area contributed by atoms with Crippen LogP contribution in [-0.2, 0) is 0 Å². The van der Waals surface area contributed by atoms with Crippen molar-refractivity contribution in [2.45, 2.75) is 0 Å². The summed E-state index contributed by atoms with van der Waals surface area (Å²) in [6.07, 6.45) is 18.8. The molecule has 34 heavy (non-hydrogen) atoms. The molecule has 0 saturated heterocycles. The topological polar surface area (TPSA) is 25.8 Å². The number of hydrogen-bond acceptors (Lipinski definition) is 2. The Bertz CT molecular complexity index is 1550. The molecule has 2 heteroatoms. The molecule has 0 saturated carbocycles. The summed E-state index contributed by atoms with van der Waals surface area (Å²) in [4.78, 5) is 8.26. The zero-order chi connectivity index (χ0) is 23.7. The zero-order valence-electron chi connectivity index (χ0n) is 18.5. The van der Waals surface area contributed by atoms with Crippen molar-refractivity contribution in [3.63, 3.8) is 0 Å². The fourth-order valence-electron chi connectivity index (χ4n) is 4.38. The number of benzene rings is 3. The lowest BCUT2D eigenvalue weighted by Gasteiger charge is -2.16. The molecule has 0 atom stereocenters. The standard InChI is InChI=1S/C32H20N2/c1-5-23-7-9-27(21(3)25-11-15-33-16-12-25)31-20-32-28(22(4)26-13-17-34-18-14-26)10-8-24(6-2)30(32)19-29(23)31/h1-2,7-20H,3-4H2. The third kappa shape index (κ3) is 3.45. The zero-order valence-corrected chi connectivity index (χ0v) is 18.5. The molecule has 0 aliphatic carbocycles. The summed E-state index contributed by atoms with van der Waals surface area (Å²) in [5.74, 6) is 5.65. The normalized spacial score (nSPS) is 10.5. The Morgan fingerprint density at radius 2 is 0.941 bits per heavy atom. The Morgan fingerprint density at radius 3 is 1.32 bits per heavy atom. The molecule has 0 radical (unpaired) electrons. The van der Waals surface area contributed by atoms with Crippen LogP contribution in [0.5, 0.6) is 0 Å². The van der Waals surface area contributed by atoms with Crippen LogP contribution in [0.25, 0.3) is 32.7 Å². The molecule has 2 heterocycles. The van der Waals surface area contributed by atoms with Gasteiger partial charge in [0.15, 0.2) is 0 Å². The minimum Gasteiger partial charge on any atom is -0.265 e. The van der Waals surface area contributed by atoms with Crippen LogP contribution in [0.1, 0.15) is 33.4 Å². The second-order valence-electron chi connectivity index (χ2n) is 7.98. The Balaban J connectivity index is 1.85. The van der Waals surface area contributed by atoms with Gasteiger partial charge in [0.25, 0.3) is 0 Å². The van der Waals surface area contributed by atoms with Crippen molar-refractivity contribution in [2.24, 2.45) is 0 Å². The molecular weight excluding hydrogens is 412 g/mol. The van der Waals surface area contributed by atoms with E-state index in [0.29, 0.717) is 0 Å². The molecule has 3 aromatic carbocycles. The van der Waals surface area contributed by atoms with Crippen molar-refractivity contribution in [1.82, 2.24) is 9.97 Å². The molecule has 0 unspecified atom stereocenters. The Kier molecular flexibility index (Phi) is 5.27. The minimum atomic E-state index is 0.810. The van der Waals surface area contributed by atoms with E-state index in [4.69, 9.17) is 12.8 Å². The molecular formula is C32H20N2. The van der Waals surface area contributed by atoms with Crippen LogP contribution in [0.2, 0.25) is 0 Å². The van der Waals surface area contributed by atoms with E-state index >= 15 is 0 Å². The second-order valence-corrected chi connectivity index (χ2v) is 7.98. The quantitative estimate of drug-likeness (QED) is 0.229. The highest BCUT2D eigenvalue weighted by Gasteiger charge is 2.15. The van der Waals surface area contributed by atoms with Gasteiger partial charge in [-0.25, -0.2) is 0 Å². The predicted octanol–water partition coefficient (Wildman–Crippen LogP) is 6.87. The number of rotatable bonds is 4. The molecule has 0 N–H and O–H groups in total. The van der Waals surface area contributed by atoms with Crippen LogP contribution < -0.4 is 0 Å². The van der Waals surface area contributed by atoms with E-state index in [9.17, 15) is 0 Å². The first-order chi connectivity index (χ1) is 16.6. The highest BCUT2D eigenvalue weighted by Crippen LogP contribution is 2.37. The molecule has 158 valence electrons. The lowest BCUT2D eigenvalue weighted by atomic mass is 9.87. The largest absolute Gasteiger partial charge is 0.265 e. The lowest BCUT2D eigenvalue weighted by molar-refractivity contribution is 1.32. The summed E-state index contributed by atoms with van der Waals surface area (Å²) in [6.45, 7) is 8.77. The van der Waals surface area contributed by atoms with Gasteiger partial charge in [0.05, 0.1) is 0 Å². The first kappa shape index (κ1) is 21.0. The van der Waals surface area contributed by atoms with E-state index in [1.165, 1.54) is 0 Å². The maximum atomic E-state index is 5.88. The van der Waals surface area contributed by atoms with Crippen molar-refractivity contribution in [1.29, 1.82) is 0 Å². The third-order valence-electron chi connectivity index (χ3n) is 6.17. The Hall–Kier alpha value is -4.92. The van der Waals surface area contributed by atoms with Gasteiger partial charge >= 0.3 is 0 Å². The van der Waals surface area contributed by atoms with E-state index in [-0.39, 0.29) is 0 Å². The van der Waals surface area contributed by atoms with Gasteiger partial charge in [-0.05, 0) is 103 Å². The predicted molar refractivity (Wildman–Crippen MR) is 142 cm³/mol. The molecule has 5 rings (SSSR count). The summed E-state index contributed by atoms with van der Waals surface area (Å²) >= 11 is 0. The fraction of sp³-hybridized carbons (Fsp3) is 0. The van der Waals surface area contributed by atoms with Gasteiger partial charge in [-0.1, -0.05) is 37.1 Å². The van der Waals surface area contributed by atoms with Gasteiger partial charge < -0.3 is 0 Å². The van der Waals surface area contributed by atoms with Gasteiger partial charge in [0, 0.05) is 35.9 Å². The molecule has 2 aromatic heterocycles. The van der Waals surface area contributed by atoms with Crippen LogP contribution in [0.15, 0.2) is 98.6 Å². The maximum Gasteiger partial charge on any atom is 0.0321 e. The molecule has 0 spiro atoms. The number of aromatic nitrogens is 2. The van der Waals surface area contributed by atoms with Gasteiger partial charge in [-0.2, -0.15) is 0 Å². The molecule has 0 aliphatic heterocycles. The molecule has 0 aliphatic rings. The molecule has 0 amide bonds. The van der Waals surface area contributed by atoms with Gasteiger partial charge in [0.2, 0.25) is 0 Å². The van der Waals surface area contributed by atoms with Crippen LogP contribution in [-0.4, -0.2) is 9.97 Å². The molecule has 2 nitrogen and oxygen atoms in total. The lowest BCUT2D eigenvalue weighted by Crippen LogP contribution is -1.95. The average Bonchev–Trinajstić information content (AvgIpc) is 2.91. The van der Waals surface area contributed by atoms with Crippen molar-refractivity contribution >= 4 is 32.7 Å². The van der Waals surface area contributed by atoms with E-state index < -0.39 is 0 Å². The van der Waals surface area contributed by atoms with Crippen LogP contribution >= 0.6 is 0 Å². The smallest absolute Gasteiger partial charge is 0.0321 e. The average molecular weight is 433 g/mol. The summed E-state index contributed by atoms with van der Waals surface area (Å²) < 4.78 is 0. The minimum absolute atomic E-state index is 0.810. The van der Waals surface area contributed by atoms with Crippen molar-refractivity contribution in [2.75, 3.05) is 0 Å². The Labute approximate surface area is 199 Å². The molecule has 0 fully saturated rings. The monoisotopic (exact) mass is 432 g/mol.